The molecule has 3 aromatic rings. The minimum Gasteiger partial charge on any atom is -0.478 e. The van der Waals surface area contributed by atoms with Crippen molar-refractivity contribution < 1.29 is 65.9 Å². The SMILES string of the molecule is Cc1ccc(C(c2ccc(-c3cc(C(=O)O)c(C)cc3C(=O)O)c(C(=O)O)c2)(C(F)(F)F)C(F)(F)F)cc1C(=O)O. The summed E-state index contributed by atoms with van der Waals surface area (Å²) in [6, 6.07) is 3.86. The van der Waals surface area contributed by atoms with E-state index in [1.54, 1.807) is 0 Å². The smallest absolute Gasteiger partial charge is 0.411 e. The summed E-state index contributed by atoms with van der Waals surface area (Å²) in [5.41, 5.74) is -12.8. The Morgan fingerprint density at radius 3 is 1.34 bits per heavy atom. The van der Waals surface area contributed by atoms with Gasteiger partial charge in [-0.15, -0.1) is 0 Å². The molecular weight excluding hydrogens is 566 g/mol. The van der Waals surface area contributed by atoms with Crippen LogP contribution in [0.25, 0.3) is 11.1 Å². The van der Waals surface area contributed by atoms with Crippen LogP contribution >= 0.6 is 0 Å². The molecule has 0 saturated heterocycles. The summed E-state index contributed by atoms with van der Waals surface area (Å²) in [6.45, 7) is 2.38. The van der Waals surface area contributed by atoms with Gasteiger partial charge in [-0.3, -0.25) is 0 Å². The van der Waals surface area contributed by atoms with E-state index >= 15 is 0 Å². The van der Waals surface area contributed by atoms with Crippen LogP contribution < -0.4 is 0 Å². The minimum absolute atomic E-state index is 0.0604. The molecule has 0 aliphatic heterocycles. The van der Waals surface area contributed by atoms with Crippen molar-refractivity contribution in [2.75, 3.05) is 0 Å². The second kappa shape index (κ2) is 10.3. The van der Waals surface area contributed by atoms with Crippen LogP contribution in [0.15, 0.2) is 48.5 Å². The molecule has 4 N–H and O–H groups in total. The molecule has 216 valence electrons. The van der Waals surface area contributed by atoms with Crippen molar-refractivity contribution in [3.63, 3.8) is 0 Å². The largest absolute Gasteiger partial charge is 0.478 e. The second-order valence-electron chi connectivity index (χ2n) is 8.97. The van der Waals surface area contributed by atoms with Crippen LogP contribution in [-0.4, -0.2) is 56.7 Å². The summed E-state index contributed by atoms with van der Waals surface area (Å²) in [5, 5.41) is 38.2. The number of halogens is 6. The number of alkyl halides is 6. The Balaban J connectivity index is 2.52. The van der Waals surface area contributed by atoms with Crippen molar-refractivity contribution in [2.45, 2.75) is 31.6 Å². The summed E-state index contributed by atoms with van der Waals surface area (Å²) in [4.78, 5) is 47.2. The summed E-state index contributed by atoms with van der Waals surface area (Å²) >= 11 is 0. The number of carbonyl (C=O) groups is 4. The number of aromatic carboxylic acids is 4. The topological polar surface area (TPSA) is 149 Å². The van der Waals surface area contributed by atoms with Gasteiger partial charge in [0.05, 0.1) is 22.3 Å². The van der Waals surface area contributed by atoms with Crippen LogP contribution in [0.1, 0.15) is 63.7 Å². The molecule has 0 atom stereocenters. The molecule has 0 spiro atoms. The van der Waals surface area contributed by atoms with E-state index in [1.165, 1.54) is 6.92 Å². The van der Waals surface area contributed by atoms with E-state index in [-0.39, 0.29) is 29.3 Å². The monoisotopic (exact) mass is 584 g/mol. The van der Waals surface area contributed by atoms with Gasteiger partial charge in [-0.05, 0) is 71.5 Å². The van der Waals surface area contributed by atoms with Gasteiger partial charge in [0.1, 0.15) is 0 Å². The fourth-order valence-electron chi connectivity index (χ4n) is 4.60. The van der Waals surface area contributed by atoms with Gasteiger partial charge in [-0.1, -0.05) is 24.3 Å². The van der Waals surface area contributed by atoms with E-state index in [0.29, 0.717) is 12.1 Å². The molecule has 0 amide bonds. The molecule has 41 heavy (non-hydrogen) atoms. The van der Waals surface area contributed by atoms with E-state index in [2.05, 4.69) is 0 Å². The maximum atomic E-state index is 14.6. The van der Waals surface area contributed by atoms with Gasteiger partial charge < -0.3 is 20.4 Å². The Kier molecular flexibility index (Phi) is 7.67. The maximum absolute atomic E-state index is 14.6. The Bertz CT molecular complexity index is 1590. The number of hydrogen-bond acceptors (Lipinski definition) is 4. The van der Waals surface area contributed by atoms with E-state index in [1.807, 2.05) is 0 Å². The quantitative estimate of drug-likeness (QED) is 0.241. The van der Waals surface area contributed by atoms with Gasteiger partial charge in [0.15, 0.2) is 0 Å². The van der Waals surface area contributed by atoms with Crippen LogP contribution in [0.2, 0.25) is 0 Å². The third-order valence-electron chi connectivity index (χ3n) is 6.55. The molecular formula is C27H18F6O8. The van der Waals surface area contributed by atoms with Crippen LogP contribution in [0, 0.1) is 13.8 Å². The lowest BCUT2D eigenvalue weighted by Gasteiger charge is -2.38. The van der Waals surface area contributed by atoms with Gasteiger partial charge in [0, 0.05) is 0 Å². The highest BCUT2D eigenvalue weighted by atomic mass is 19.4. The van der Waals surface area contributed by atoms with Crippen molar-refractivity contribution >= 4 is 23.9 Å². The summed E-state index contributed by atoms with van der Waals surface area (Å²) in [7, 11) is 0. The van der Waals surface area contributed by atoms with E-state index < -0.39 is 86.2 Å². The fraction of sp³-hybridized carbons (Fsp3) is 0.185. The van der Waals surface area contributed by atoms with Gasteiger partial charge >= 0.3 is 36.2 Å². The molecule has 0 unspecified atom stereocenters. The zero-order valence-corrected chi connectivity index (χ0v) is 20.8. The first kappa shape index (κ1) is 30.7. The molecule has 3 aromatic carbocycles. The summed E-state index contributed by atoms with van der Waals surface area (Å²) in [5.74, 6) is -7.10. The Labute approximate surface area is 226 Å². The van der Waals surface area contributed by atoms with E-state index in [0.717, 1.165) is 25.1 Å². The Morgan fingerprint density at radius 2 is 0.902 bits per heavy atom. The van der Waals surface area contributed by atoms with Crippen molar-refractivity contribution in [1.29, 1.82) is 0 Å². The van der Waals surface area contributed by atoms with Crippen LogP contribution in [0.4, 0.5) is 26.3 Å². The fourth-order valence-corrected chi connectivity index (χ4v) is 4.60. The molecule has 0 fully saturated rings. The van der Waals surface area contributed by atoms with Crippen molar-refractivity contribution in [2.24, 2.45) is 0 Å². The average molecular weight is 584 g/mol. The molecule has 0 saturated carbocycles. The standard InChI is InChI=1S/C27H18F6O8/c1-11-3-4-13(8-16(11)21(34)35)25(26(28,29)30,27(31,32)33)14-5-6-15(20(9-14)24(40)41)18-10-17(22(36)37)12(2)7-19(18)23(38)39/h3-10H,1-2H3,(H,34,35)(H,36,37)(H,38,39)(H,40,41). The van der Waals surface area contributed by atoms with Crippen molar-refractivity contribution in [1.82, 2.24) is 0 Å². The minimum atomic E-state index is -6.19. The lowest BCUT2D eigenvalue weighted by Crippen LogP contribution is -2.55. The number of carboxylic acids is 4. The van der Waals surface area contributed by atoms with Crippen molar-refractivity contribution in [3.05, 3.63) is 93.0 Å². The first-order valence-electron chi connectivity index (χ1n) is 11.2. The predicted molar refractivity (Wildman–Crippen MR) is 129 cm³/mol. The molecule has 0 aliphatic carbocycles. The number of hydrogen-bond donors (Lipinski definition) is 4. The highest BCUT2D eigenvalue weighted by molar-refractivity contribution is 6.04. The van der Waals surface area contributed by atoms with Crippen LogP contribution in [-0.2, 0) is 5.41 Å². The van der Waals surface area contributed by atoms with Gasteiger partial charge in [-0.2, -0.15) is 26.3 Å². The highest BCUT2D eigenvalue weighted by Gasteiger charge is 2.72. The molecule has 0 heterocycles. The summed E-state index contributed by atoms with van der Waals surface area (Å²) in [6.07, 6.45) is -12.4. The number of aryl methyl sites for hydroxylation is 2. The van der Waals surface area contributed by atoms with Gasteiger partial charge in [-0.25, -0.2) is 19.2 Å². The molecule has 0 bridgehead atoms. The third kappa shape index (κ3) is 5.08. The predicted octanol–water partition coefficient (Wildman–Crippen LogP) is 6.17. The second-order valence-corrected chi connectivity index (χ2v) is 8.97. The molecule has 0 aliphatic rings. The molecule has 0 radical (unpaired) electrons. The average Bonchev–Trinajstić information content (AvgIpc) is 2.83. The zero-order valence-electron chi connectivity index (χ0n) is 20.8. The van der Waals surface area contributed by atoms with Gasteiger partial charge in [0.25, 0.3) is 0 Å². The summed E-state index contributed by atoms with van der Waals surface area (Å²) < 4.78 is 87.8. The van der Waals surface area contributed by atoms with Crippen LogP contribution in [0.3, 0.4) is 0 Å². The maximum Gasteiger partial charge on any atom is 0.411 e. The third-order valence-corrected chi connectivity index (χ3v) is 6.55. The van der Waals surface area contributed by atoms with Crippen LogP contribution in [0.5, 0.6) is 0 Å². The lowest BCUT2D eigenvalue weighted by atomic mass is 9.71. The molecule has 8 nitrogen and oxygen atoms in total. The molecule has 0 aromatic heterocycles. The first-order valence-corrected chi connectivity index (χ1v) is 11.2. The van der Waals surface area contributed by atoms with Gasteiger partial charge in [0.2, 0.25) is 5.41 Å². The first-order chi connectivity index (χ1) is 18.7. The van der Waals surface area contributed by atoms with Crippen molar-refractivity contribution in [3.8, 4) is 11.1 Å². The van der Waals surface area contributed by atoms with E-state index in [4.69, 9.17) is 0 Å². The Morgan fingerprint density at radius 1 is 0.512 bits per heavy atom. The van der Waals surface area contributed by atoms with E-state index in [9.17, 15) is 65.9 Å². The zero-order chi connectivity index (χ0) is 31.2. The lowest BCUT2D eigenvalue weighted by molar-refractivity contribution is -0.288. The number of carboxylic acid groups (broad SMARTS) is 4. The Hall–Kier alpha value is -4.88. The highest BCUT2D eigenvalue weighted by Crippen LogP contribution is 2.56. The number of benzene rings is 3. The normalized spacial score (nSPS) is 12.2. The molecule has 3 rings (SSSR count). The molecule has 14 heteroatoms. The number of rotatable bonds is 7.